The van der Waals surface area contributed by atoms with Crippen LogP contribution in [-0.4, -0.2) is 35.7 Å². The first kappa shape index (κ1) is 25.5. The first-order valence-corrected chi connectivity index (χ1v) is 12.2. The maximum atomic E-state index is 13.0. The van der Waals surface area contributed by atoms with Gasteiger partial charge in [-0.2, -0.15) is 0 Å². The highest BCUT2D eigenvalue weighted by Crippen LogP contribution is 2.39. The minimum Gasteiger partial charge on any atom is -0.490 e. The van der Waals surface area contributed by atoms with Crippen LogP contribution in [0.4, 0.5) is 17.2 Å². The van der Waals surface area contributed by atoms with E-state index in [4.69, 9.17) is 14.2 Å². The van der Waals surface area contributed by atoms with Crippen LogP contribution in [0.15, 0.2) is 79.1 Å². The second kappa shape index (κ2) is 12.4. The quantitative estimate of drug-likeness (QED) is 0.249. The van der Waals surface area contributed by atoms with Crippen LogP contribution < -0.4 is 24.8 Å². The van der Waals surface area contributed by atoms with Gasteiger partial charge in [0.25, 0.3) is 5.91 Å². The van der Waals surface area contributed by atoms with Crippen molar-refractivity contribution in [3.8, 4) is 28.5 Å². The Morgan fingerprint density at radius 1 is 0.757 bits per heavy atom. The molecule has 1 heterocycles. The minimum absolute atomic E-state index is 0.283. The average molecular weight is 499 g/mol. The highest BCUT2D eigenvalue weighted by Gasteiger charge is 2.18. The van der Waals surface area contributed by atoms with Gasteiger partial charge in [0.1, 0.15) is 12.1 Å². The zero-order chi connectivity index (χ0) is 26.0. The van der Waals surface area contributed by atoms with Crippen molar-refractivity contribution in [1.82, 2.24) is 9.97 Å². The summed E-state index contributed by atoms with van der Waals surface area (Å²) in [6.45, 7) is 6.96. The van der Waals surface area contributed by atoms with E-state index in [2.05, 4.69) is 20.6 Å². The number of hydrogen-bond donors (Lipinski definition) is 2. The van der Waals surface area contributed by atoms with Crippen molar-refractivity contribution < 1.29 is 19.0 Å². The largest absolute Gasteiger partial charge is 0.490 e. The molecule has 0 aliphatic rings. The Bertz CT molecular complexity index is 1300. The molecule has 0 bridgehead atoms. The van der Waals surface area contributed by atoms with Crippen LogP contribution in [0.3, 0.4) is 0 Å². The molecule has 2 N–H and O–H groups in total. The molecule has 0 unspecified atom stereocenters. The van der Waals surface area contributed by atoms with Crippen LogP contribution in [0, 0.1) is 0 Å². The van der Waals surface area contributed by atoms with Crippen molar-refractivity contribution in [3.63, 3.8) is 0 Å². The molecule has 37 heavy (non-hydrogen) atoms. The van der Waals surface area contributed by atoms with Crippen molar-refractivity contribution in [2.75, 3.05) is 30.5 Å². The van der Waals surface area contributed by atoms with E-state index in [1.165, 1.54) is 6.33 Å². The third-order valence-corrected chi connectivity index (χ3v) is 5.32. The Labute approximate surface area is 216 Å². The van der Waals surface area contributed by atoms with Crippen LogP contribution in [0.5, 0.6) is 17.2 Å². The maximum absolute atomic E-state index is 13.0. The molecule has 8 heteroatoms. The number of benzene rings is 3. The summed E-state index contributed by atoms with van der Waals surface area (Å²) in [7, 11) is 0. The van der Waals surface area contributed by atoms with E-state index in [0.29, 0.717) is 54.1 Å². The van der Waals surface area contributed by atoms with E-state index in [0.717, 1.165) is 16.9 Å². The molecule has 0 atom stereocenters. The van der Waals surface area contributed by atoms with Gasteiger partial charge in [-0.3, -0.25) is 4.79 Å². The van der Waals surface area contributed by atoms with Crippen molar-refractivity contribution in [2.45, 2.75) is 20.8 Å². The molecular weight excluding hydrogens is 468 g/mol. The van der Waals surface area contributed by atoms with E-state index in [9.17, 15) is 4.79 Å². The fourth-order valence-corrected chi connectivity index (χ4v) is 3.70. The second-order valence-corrected chi connectivity index (χ2v) is 7.91. The van der Waals surface area contributed by atoms with Gasteiger partial charge in [0, 0.05) is 28.6 Å². The summed E-state index contributed by atoms with van der Waals surface area (Å²) >= 11 is 0. The Morgan fingerprint density at radius 3 is 2.00 bits per heavy atom. The van der Waals surface area contributed by atoms with Gasteiger partial charge < -0.3 is 24.8 Å². The highest BCUT2D eigenvalue weighted by molar-refractivity contribution is 6.05. The highest BCUT2D eigenvalue weighted by atomic mass is 16.5. The van der Waals surface area contributed by atoms with Crippen LogP contribution in [0.2, 0.25) is 0 Å². The van der Waals surface area contributed by atoms with Gasteiger partial charge in [-0.05, 0) is 57.2 Å². The predicted octanol–water partition coefficient (Wildman–Crippen LogP) is 6.34. The van der Waals surface area contributed by atoms with Crippen molar-refractivity contribution in [1.29, 1.82) is 0 Å². The summed E-state index contributed by atoms with van der Waals surface area (Å²) in [6, 6.07) is 22.5. The number of nitrogens with zero attached hydrogens (tertiary/aromatic N) is 2. The molecule has 0 aliphatic carbocycles. The van der Waals surface area contributed by atoms with Gasteiger partial charge in [0.2, 0.25) is 5.75 Å². The lowest BCUT2D eigenvalue weighted by Crippen LogP contribution is -2.13. The number of hydrogen-bond acceptors (Lipinski definition) is 7. The average Bonchev–Trinajstić information content (AvgIpc) is 2.92. The number of amides is 1. The van der Waals surface area contributed by atoms with Crippen molar-refractivity contribution in [3.05, 3.63) is 84.7 Å². The zero-order valence-corrected chi connectivity index (χ0v) is 21.2. The van der Waals surface area contributed by atoms with Gasteiger partial charge >= 0.3 is 0 Å². The number of aromatic nitrogens is 2. The Balaban J connectivity index is 1.47. The summed E-state index contributed by atoms with van der Waals surface area (Å²) in [5, 5.41) is 6.20. The monoisotopic (exact) mass is 498 g/mol. The Kier molecular flexibility index (Phi) is 8.54. The van der Waals surface area contributed by atoms with Crippen LogP contribution in [0.25, 0.3) is 11.3 Å². The molecule has 0 saturated carbocycles. The molecule has 0 saturated heterocycles. The number of nitrogens with one attached hydrogen (secondary N) is 2. The molecule has 8 nitrogen and oxygen atoms in total. The van der Waals surface area contributed by atoms with Crippen LogP contribution >= 0.6 is 0 Å². The molecule has 1 amide bonds. The minimum atomic E-state index is -0.283. The number of ether oxygens (including phenoxy) is 3. The molecule has 0 spiro atoms. The molecule has 0 radical (unpaired) electrons. The molecule has 0 fully saturated rings. The SMILES string of the molecule is CCOc1cc(C(=O)Nc2ccc(Nc3cc(-c4ccccc4)ncn3)cc2)cc(OCC)c1OCC. The number of carbonyl (C=O) groups is 1. The second-order valence-electron chi connectivity index (χ2n) is 7.91. The van der Waals surface area contributed by atoms with Crippen molar-refractivity contribution in [2.24, 2.45) is 0 Å². The van der Waals surface area contributed by atoms with E-state index >= 15 is 0 Å². The maximum Gasteiger partial charge on any atom is 0.255 e. The predicted molar refractivity (Wildman–Crippen MR) is 145 cm³/mol. The van der Waals surface area contributed by atoms with E-state index in [-0.39, 0.29) is 5.91 Å². The molecule has 0 aliphatic heterocycles. The van der Waals surface area contributed by atoms with E-state index < -0.39 is 0 Å². The third kappa shape index (κ3) is 6.55. The van der Waals surface area contributed by atoms with Crippen LogP contribution in [-0.2, 0) is 0 Å². The summed E-state index contributed by atoms with van der Waals surface area (Å²) < 4.78 is 17.2. The number of anilines is 3. The summed E-state index contributed by atoms with van der Waals surface area (Å²) in [4.78, 5) is 21.7. The van der Waals surface area contributed by atoms with E-state index in [1.54, 1.807) is 12.1 Å². The summed E-state index contributed by atoms with van der Waals surface area (Å²) in [6.07, 6.45) is 1.53. The lowest BCUT2D eigenvalue weighted by molar-refractivity contribution is 0.102. The zero-order valence-electron chi connectivity index (χ0n) is 21.2. The summed E-state index contributed by atoms with van der Waals surface area (Å²) in [5.41, 5.74) is 3.73. The van der Waals surface area contributed by atoms with Gasteiger partial charge in [0.05, 0.1) is 25.5 Å². The van der Waals surface area contributed by atoms with Gasteiger partial charge in [-0.1, -0.05) is 30.3 Å². The summed E-state index contributed by atoms with van der Waals surface area (Å²) in [5.74, 6) is 1.83. The van der Waals surface area contributed by atoms with E-state index in [1.807, 2.05) is 81.4 Å². The molecular formula is C29H30N4O4. The fourth-order valence-electron chi connectivity index (χ4n) is 3.70. The van der Waals surface area contributed by atoms with Gasteiger partial charge in [-0.15, -0.1) is 0 Å². The lowest BCUT2D eigenvalue weighted by Gasteiger charge is -2.17. The standard InChI is InChI=1S/C29H30N4O4/c1-4-35-25-16-21(17-26(36-5-2)28(25)37-6-3)29(34)33-23-14-12-22(13-15-23)32-27-18-24(30-19-31-27)20-10-8-7-9-11-20/h7-19H,4-6H2,1-3H3,(H,33,34)(H,30,31,32). The van der Waals surface area contributed by atoms with Crippen LogP contribution in [0.1, 0.15) is 31.1 Å². The first-order chi connectivity index (χ1) is 18.1. The smallest absolute Gasteiger partial charge is 0.255 e. The lowest BCUT2D eigenvalue weighted by atomic mass is 10.1. The normalized spacial score (nSPS) is 10.5. The molecule has 1 aromatic heterocycles. The number of rotatable bonds is 11. The van der Waals surface area contributed by atoms with Crippen molar-refractivity contribution >= 4 is 23.1 Å². The molecule has 3 aromatic carbocycles. The molecule has 190 valence electrons. The first-order valence-electron chi connectivity index (χ1n) is 12.2. The topological polar surface area (TPSA) is 94.6 Å². The number of carbonyl (C=O) groups excluding carboxylic acids is 1. The Hall–Kier alpha value is -4.59. The Morgan fingerprint density at radius 2 is 1.38 bits per heavy atom. The van der Waals surface area contributed by atoms with Gasteiger partial charge in [0.15, 0.2) is 11.5 Å². The molecule has 4 aromatic rings. The third-order valence-electron chi connectivity index (χ3n) is 5.32. The molecule has 4 rings (SSSR count). The van der Waals surface area contributed by atoms with Gasteiger partial charge in [-0.25, -0.2) is 9.97 Å². The fraction of sp³-hybridized carbons (Fsp3) is 0.207.